The van der Waals surface area contributed by atoms with Crippen molar-refractivity contribution in [3.63, 3.8) is 0 Å². The number of ether oxygens (including phenoxy) is 2. The standard InChI is InChI=1S/C15H15N3O2/c1-19-12-7-5-11(6-8-12)10-14-16-17-15-13(20-2)4-3-9-18(14)15/h3-9H,10H2,1-2H3. The summed E-state index contributed by atoms with van der Waals surface area (Å²) >= 11 is 0. The quantitative estimate of drug-likeness (QED) is 0.729. The Morgan fingerprint density at radius 1 is 1.00 bits per heavy atom. The van der Waals surface area contributed by atoms with Gasteiger partial charge in [0.05, 0.1) is 14.2 Å². The summed E-state index contributed by atoms with van der Waals surface area (Å²) in [4.78, 5) is 0. The fourth-order valence-electron chi connectivity index (χ4n) is 2.15. The lowest BCUT2D eigenvalue weighted by atomic mass is 10.1. The van der Waals surface area contributed by atoms with Crippen LogP contribution in [0.25, 0.3) is 5.65 Å². The van der Waals surface area contributed by atoms with Gasteiger partial charge in [0.15, 0.2) is 5.75 Å². The van der Waals surface area contributed by atoms with Crippen molar-refractivity contribution in [2.75, 3.05) is 14.2 Å². The maximum atomic E-state index is 5.28. The molecule has 3 aromatic rings. The second-order valence-electron chi connectivity index (χ2n) is 4.41. The monoisotopic (exact) mass is 269 g/mol. The fraction of sp³-hybridized carbons (Fsp3) is 0.200. The first kappa shape index (κ1) is 12.5. The lowest BCUT2D eigenvalue weighted by Gasteiger charge is -2.04. The Kier molecular flexibility index (Phi) is 3.25. The van der Waals surface area contributed by atoms with E-state index in [1.807, 2.05) is 47.0 Å². The summed E-state index contributed by atoms with van der Waals surface area (Å²) < 4.78 is 12.4. The van der Waals surface area contributed by atoms with Gasteiger partial charge < -0.3 is 9.47 Å². The van der Waals surface area contributed by atoms with E-state index in [4.69, 9.17) is 9.47 Å². The van der Waals surface area contributed by atoms with Crippen LogP contribution in [0.4, 0.5) is 0 Å². The van der Waals surface area contributed by atoms with Crippen molar-refractivity contribution < 1.29 is 9.47 Å². The first-order chi connectivity index (χ1) is 9.81. The molecule has 0 fully saturated rings. The van der Waals surface area contributed by atoms with Gasteiger partial charge in [0.1, 0.15) is 11.6 Å². The number of fused-ring (bicyclic) bond motifs is 1. The number of hydrogen-bond acceptors (Lipinski definition) is 4. The van der Waals surface area contributed by atoms with Crippen molar-refractivity contribution in [2.24, 2.45) is 0 Å². The smallest absolute Gasteiger partial charge is 0.203 e. The van der Waals surface area contributed by atoms with Gasteiger partial charge >= 0.3 is 0 Å². The summed E-state index contributed by atoms with van der Waals surface area (Å²) in [6.07, 6.45) is 2.65. The van der Waals surface area contributed by atoms with Gasteiger partial charge in [-0.1, -0.05) is 12.1 Å². The molecular weight excluding hydrogens is 254 g/mol. The van der Waals surface area contributed by atoms with E-state index in [2.05, 4.69) is 10.2 Å². The van der Waals surface area contributed by atoms with Gasteiger partial charge in [0.2, 0.25) is 5.65 Å². The van der Waals surface area contributed by atoms with Crippen molar-refractivity contribution in [1.82, 2.24) is 14.6 Å². The highest BCUT2D eigenvalue weighted by molar-refractivity contribution is 5.53. The third-order valence-corrected chi connectivity index (χ3v) is 3.21. The molecular formula is C15H15N3O2. The van der Waals surface area contributed by atoms with Crippen molar-refractivity contribution in [3.05, 3.63) is 54.0 Å². The van der Waals surface area contributed by atoms with Gasteiger partial charge in [-0.15, -0.1) is 10.2 Å². The van der Waals surface area contributed by atoms with Crippen molar-refractivity contribution in [2.45, 2.75) is 6.42 Å². The van der Waals surface area contributed by atoms with Gasteiger partial charge in [0.25, 0.3) is 0 Å². The molecule has 1 aromatic carbocycles. The Morgan fingerprint density at radius 2 is 1.80 bits per heavy atom. The average molecular weight is 269 g/mol. The van der Waals surface area contributed by atoms with Gasteiger partial charge in [-0.05, 0) is 29.8 Å². The van der Waals surface area contributed by atoms with Crippen molar-refractivity contribution >= 4 is 5.65 Å². The van der Waals surface area contributed by atoms with Crippen LogP contribution in [0, 0.1) is 0 Å². The number of aromatic nitrogens is 3. The molecule has 0 bridgehead atoms. The predicted octanol–water partition coefficient (Wildman–Crippen LogP) is 2.34. The van der Waals surface area contributed by atoms with E-state index in [0.717, 1.165) is 28.5 Å². The van der Waals surface area contributed by atoms with Crippen molar-refractivity contribution in [3.8, 4) is 11.5 Å². The van der Waals surface area contributed by atoms with Crippen LogP contribution < -0.4 is 9.47 Å². The highest BCUT2D eigenvalue weighted by Gasteiger charge is 2.09. The van der Waals surface area contributed by atoms with Crippen LogP contribution in [0.3, 0.4) is 0 Å². The number of rotatable bonds is 4. The van der Waals surface area contributed by atoms with Crippen LogP contribution in [0.15, 0.2) is 42.6 Å². The lowest BCUT2D eigenvalue weighted by molar-refractivity contribution is 0.414. The molecule has 0 aliphatic heterocycles. The summed E-state index contributed by atoms with van der Waals surface area (Å²) in [7, 11) is 3.29. The van der Waals surface area contributed by atoms with Gasteiger partial charge in [-0.25, -0.2) is 0 Å². The van der Waals surface area contributed by atoms with E-state index in [1.54, 1.807) is 14.2 Å². The third-order valence-electron chi connectivity index (χ3n) is 3.21. The first-order valence-corrected chi connectivity index (χ1v) is 6.31. The molecule has 0 saturated heterocycles. The largest absolute Gasteiger partial charge is 0.497 e. The molecule has 0 unspecified atom stereocenters. The minimum absolute atomic E-state index is 0.707. The zero-order chi connectivity index (χ0) is 13.9. The first-order valence-electron chi connectivity index (χ1n) is 6.31. The zero-order valence-electron chi connectivity index (χ0n) is 11.4. The molecule has 102 valence electrons. The molecule has 0 spiro atoms. The average Bonchev–Trinajstić information content (AvgIpc) is 2.91. The minimum atomic E-state index is 0.707. The molecule has 2 heterocycles. The van der Waals surface area contributed by atoms with E-state index in [0.29, 0.717) is 6.42 Å². The molecule has 5 nitrogen and oxygen atoms in total. The minimum Gasteiger partial charge on any atom is -0.497 e. The predicted molar refractivity (Wildman–Crippen MR) is 75.3 cm³/mol. The van der Waals surface area contributed by atoms with Crippen LogP contribution in [-0.4, -0.2) is 28.8 Å². The molecule has 0 aliphatic carbocycles. The fourth-order valence-corrected chi connectivity index (χ4v) is 2.15. The molecule has 0 amide bonds. The Balaban J connectivity index is 1.94. The second kappa shape index (κ2) is 5.21. The number of benzene rings is 1. The molecule has 5 heteroatoms. The molecule has 0 atom stereocenters. The maximum Gasteiger partial charge on any atom is 0.203 e. The topological polar surface area (TPSA) is 48.7 Å². The van der Waals surface area contributed by atoms with Crippen molar-refractivity contribution in [1.29, 1.82) is 0 Å². The normalized spacial score (nSPS) is 10.7. The lowest BCUT2D eigenvalue weighted by Crippen LogP contribution is -1.97. The third kappa shape index (κ3) is 2.18. The number of nitrogens with zero attached hydrogens (tertiary/aromatic N) is 3. The van der Waals surface area contributed by atoms with E-state index >= 15 is 0 Å². The van der Waals surface area contributed by atoms with Gasteiger partial charge in [-0.2, -0.15) is 0 Å². The summed E-state index contributed by atoms with van der Waals surface area (Å²) in [5.74, 6) is 2.45. The van der Waals surface area contributed by atoms with Crippen LogP contribution in [-0.2, 0) is 6.42 Å². The molecule has 0 radical (unpaired) electrons. The van der Waals surface area contributed by atoms with E-state index in [-0.39, 0.29) is 0 Å². The maximum absolute atomic E-state index is 5.28. The molecule has 20 heavy (non-hydrogen) atoms. The van der Waals surface area contributed by atoms with Gasteiger partial charge in [0, 0.05) is 12.6 Å². The Morgan fingerprint density at radius 3 is 2.50 bits per heavy atom. The van der Waals surface area contributed by atoms with Gasteiger partial charge in [-0.3, -0.25) is 4.40 Å². The number of pyridine rings is 1. The number of hydrogen-bond donors (Lipinski definition) is 0. The van der Waals surface area contributed by atoms with Crippen LogP contribution in [0.1, 0.15) is 11.4 Å². The Labute approximate surface area is 116 Å². The Hall–Kier alpha value is -2.56. The molecule has 2 aromatic heterocycles. The number of methoxy groups -OCH3 is 2. The Bertz CT molecular complexity index is 720. The molecule has 3 rings (SSSR count). The molecule has 0 aliphatic rings. The highest BCUT2D eigenvalue weighted by atomic mass is 16.5. The van der Waals surface area contributed by atoms with Crippen LogP contribution in [0.2, 0.25) is 0 Å². The highest BCUT2D eigenvalue weighted by Crippen LogP contribution is 2.19. The SMILES string of the molecule is COc1ccc(Cc2nnc3c(OC)cccn23)cc1. The van der Waals surface area contributed by atoms with Crippen LogP contribution >= 0.6 is 0 Å². The summed E-state index contributed by atoms with van der Waals surface area (Å²) in [5.41, 5.74) is 1.89. The summed E-state index contributed by atoms with van der Waals surface area (Å²) in [6.45, 7) is 0. The second-order valence-corrected chi connectivity index (χ2v) is 4.41. The summed E-state index contributed by atoms with van der Waals surface area (Å²) in [5, 5.41) is 8.43. The van der Waals surface area contributed by atoms with Crippen LogP contribution in [0.5, 0.6) is 11.5 Å². The zero-order valence-corrected chi connectivity index (χ0v) is 11.4. The summed E-state index contributed by atoms with van der Waals surface area (Å²) in [6, 6.07) is 11.7. The van der Waals surface area contributed by atoms with E-state index in [1.165, 1.54) is 0 Å². The van der Waals surface area contributed by atoms with E-state index in [9.17, 15) is 0 Å². The van der Waals surface area contributed by atoms with E-state index < -0.39 is 0 Å². The molecule has 0 saturated carbocycles. The molecule has 0 N–H and O–H groups in total.